The van der Waals surface area contributed by atoms with Crippen molar-refractivity contribution in [2.75, 3.05) is 19.8 Å². The van der Waals surface area contributed by atoms with Crippen LogP contribution >= 0.6 is 0 Å². The molecule has 0 bridgehead atoms. The molecule has 3 heterocycles. The zero-order chi connectivity index (χ0) is 29.8. The molecule has 1 fully saturated rings. The summed E-state index contributed by atoms with van der Waals surface area (Å²) in [6.07, 6.45) is 7.52. The summed E-state index contributed by atoms with van der Waals surface area (Å²) in [7, 11) is 0. The first-order chi connectivity index (χ1) is 20.3. The van der Waals surface area contributed by atoms with Gasteiger partial charge in [-0.05, 0) is 74.1 Å². The summed E-state index contributed by atoms with van der Waals surface area (Å²) in [5.74, 6) is 0.854. The number of benzene rings is 2. The number of fused-ring (bicyclic) bond motifs is 1. The zero-order valence-corrected chi connectivity index (χ0v) is 24.7. The Bertz CT molecular complexity index is 1460. The smallest absolute Gasteiger partial charge is 0.295 e. The first-order valence-corrected chi connectivity index (χ1v) is 14.7. The number of hydrogen-bond acceptors (Lipinski definition) is 7. The van der Waals surface area contributed by atoms with Crippen LogP contribution in [0.2, 0.25) is 0 Å². The highest BCUT2D eigenvalue weighted by atomic mass is 16.5. The number of imidazole rings is 1. The number of aliphatic hydroxyl groups is 1. The van der Waals surface area contributed by atoms with Crippen LogP contribution in [0, 0.1) is 5.92 Å². The summed E-state index contributed by atoms with van der Waals surface area (Å²) >= 11 is 0. The van der Waals surface area contributed by atoms with E-state index in [1.807, 2.05) is 48.9 Å². The lowest BCUT2D eigenvalue weighted by Crippen LogP contribution is -2.31. The number of carbonyl (C=O) groups is 2. The molecule has 1 aromatic heterocycles. The molecule has 0 saturated carbocycles. The second kappa shape index (κ2) is 12.7. The number of rotatable bonds is 12. The predicted octanol–water partition coefficient (Wildman–Crippen LogP) is 5.54. The van der Waals surface area contributed by atoms with E-state index in [1.54, 1.807) is 29.6 Å². The van der Waals surface area contributed by atoms with Crippen LogP contribution in [0.25, 0.3) is 5.76 Å². The number of hydrogen-bond donors (Lipinski definition) is 1. The normalized spacial score (nSPS) is 19.3. The first kappa shape index (κ1) is 29.2. The average molecular weight is 574 g/mol. The molecule has 1 saturated heterocycles. The highest BCUT2D eigenvalue weighted by Crippen LogP contribution is 2.43. The second-order valence-corrected chi connectivity index (χ2v) is 11.3. The molecule has 3 aromatic rings. The summed E-state index contributed by atoms with van der Waals surface area (Å²) in [5, 5.41) is 11.6. The quantitative estimate of drug-likeness (QED) is 0.172. The van der Waals surface area contributed by atoms with Crippen LogP contribution in [0.3, 0.4) is 0 Å². The minimum absolute atomic E-state index is 0.0386. The van der Waals surface area contributed by atoms with E-state index in [2.05, 4.69) is 18.8 Å². The Morgan fingerprint density at radius 2 is 1.95 bits per heavy atom. The van der Waals surface area contributed by atoms with Gasteiger partial charge in [-0.15, -0.1) is 0 Å². The van der Waals surface area contributed by atoms with Crippen molar-refractivity contribution in [2.24, 2.45) is 5.92 Å². The van der Waals surface area contributed by atoms with E-state index in [0.717, 1.165) is 17.7 Å². The number of amides is 1. The van der Waals surface area contributed by atoms with Crippen molar-refractivity contribution in [1.82, 2.24) is 14.5 Å². The van der Waals surface area contributed by atoms with Gasteiger partial charge in [0.1, 0.15) is 17.6 Å². The molecule has 1 amide bonds. The molecule has 5 rings (SSSR count). The molecule has 9 heteroatoms. The number of aryl methyl sites for hydroxylation is 1. The van der Waals surface area contributed by atoms with Crippen LogP contribution in [0.1, 0.15) is 63.3 Å². The largest absolute Gasteiger partial charge is 0.507 e. The molecule has 0 spiro atoms. The number of ketones is 1. The fraction of sp³-hybridized carbons (Fsp3) is 0.424. The molecule has 2 atom stereocenters. The van der Waals surface area contributed by atoms with Gasteiger partial charge in [0.2, 0.25) is 0 Å². The Labute approximate surface area is 246 Å². The number of likely N-dealkylation sites (tertiary alicyclic amines) is 1. The van der Waals surface area contributed by atoms with Crippen molar-refractivity contribution in [1.29, 1.82) is 0 Å². The molecular weight excluding hydrogens is 534 g/mol. The maximum Gasteiger partial charge on any atom is 0.295 e. The molecule has 2 aliphatic rings. The molecule has 0 radical (unpaired) electrons. The van der Waals surface area contributed by atoms with Crippen molar-refractivity contribution in [3.8, 4) is 17.2 Å². The van der Waals surface area contributed by atoms with E-state index in [0.29, 0.717) is 67.7 Å². The molecule has 42 heavy (non-hydrogen) atoms. The third-order valence-corrected chi connectivity index (χ3v) is 7.62. The van der Waals surface area contributed by atoms with Crippen molar-refractivity contribution >= 4 is 17.4 Å². The van der Waals surface area contributed by atoms with E-state index < -0.39 is 17.7 Å². The van der Waals surface area contributed by atoms with Crippen molar-refractivity contribution in [3.05, 3.63) is 77.4 Å². The molecule has 2 aromatic carbocycles. The van der Waals surface area contributed by atoms with Crippen LogP contribution in [-0.2, 0) is 22.6 Å². The number of carbonyl (C=O) groups excluding carboxylic acids is 2. The Balaban J connectivity index is 1.53. The maximum absolute atomic E-state index is 13.6. The van der Waals surface area contributed by atoms with Gasteiger partial charge in [0.05, 0.1) is 31.2 Å². The van der Waals surface area contributed by atoms with Crippen LogP contribution in [0.4, 0.5) is 0 Å². The van der Waals surface area contributed by atoms with Crippen LogP contribution in [0.15, 0.2) is 60.7 Å². The Kier molecular flexibility index (Phi) is 8.85. The number of ether oxygens (including phenoxy) is 3. The van der Waals surface area contributed by atoms with Gasteiger partial charge in [-0.1, -0.05) is 19.9 Å². The van der Waals surface area contributed by atoms with Crippen LogP contribution < -0.4 is 14.2 Å². The third kappa shape index (κ3) is 6.15. The SMILES string of the molecule is CCOc1cc([C@@H]2C(=C(O)c3ccc4c(c3)C[C@@H](C)O4)C(=O)C(=O)N2CCCn2ccnc2)ccc1OCCC(C)C. The highest BCUT2D eigenvalue weighted by Gasteiger charge is 2.46. The van der Waals surface area contributed by atoms with Crippen LogP contribution in [0.5, 0.6) is 17.2 Å². The number of Topliss-reactive ketones (excluding diaryl/α,β-unsaturated/α-hetero) is 1. The van der Waals surface area contributed by atoms with Gasteiger partial charge >= 0.3 is 0 Å². The van der Waals surface area contributed by atoms with Gasteiger partial charge in [0.25, 0.3) is 11.7 Å². The van der Waals surface area contributed by atoms with Gasteiger partial charge in [-0.2, -0.15) is 0 Å². The average Bonchev–Trinajstić information content (AvgIpc) is 3.67. The predicted molar refractivity (Wildman–Crippen MR) is 159 cm³/mol. The molecule has 1 N–H and O–H groups in total. The Morgan fingerprint density at radius 1 is 1.12 bits per heavy atom. The van der Waals surface area contributed by atoms with Gasteiger partial charge in [-0.3, -0.25) is 9.59 Å². The fourth-order valence-electron chi connectivity index (χ4n) is 5.51. The lowest BCUT2D eigenvalue weighted by atomic mass is 9.94. The van der Waals surface area contributed by atoms with Gasteiger partial charge in [-0.25, -0.2) is 4.98 Å². The van der Waals surface area contributed by atoms with Gasteiger partial charge in [0, 0.05) is 37.5 Å². The highest BCUT2D eigenvalue weighted by molar-refractivity contribution is 6.46. The van der Waals surface area contributed by atoms with E-state index in [4.69, 9.17) is 14.2 Å². The fourth-order valence-corrected chi connectivity index (χ4v) is 5.51. The van der Waals surface area contributed by atoms with Crippen LogP contribution in [-0.4, -0.2) is 57.1 Å². The second-order valence-electron chi connectivity index (χ2n) is 11.3. The standard InChI is InChI=1S/C33H39N3O6/c1-5-40-28-19-23(7-10-27(28)41-16-11-21(2)3)30-29(31(37)24-8-9-26-25(18-24)17-22(4)42-26)32(38)33(39)36(30)14-6-13-35-15-12-34-20-35/h7-10,12,15,18-22,30,37H,5-6,11,13-14,16-17H2,1-4H3/t22-,30-/m1/s1. The van der Waals surface area contributed by atoms with E-state index in [-0.39, 0.29) is 17.4 Å². The summed E-state index contributed by atoms with van der Waals surface area (Å²) in [6.45, 7) is 10.1. The summed E-state index contributed by atoms with van der Waals surface area (Å²) < 4.78 is 19.7. The van der Waals surface area contributed by atoms with E-state index >= 15 is 0 Å². The summed E-state index contributed by atoms with van der Waals surface area (Å²) in [5.41, 5.74) is 2.16. The third-order valence-electron chi connectivity index (χ3n) is 7.62. The van der Waals surface area contributed by atoms with Crippen molar-refractivity contribution in [3.63, 3.8) is 0 Å². The van der Waals surface area contributed by atoms with Crippen molar-refractivity contribution in [2.45, 2.75) is 65.6 Å². The molecule has 9 nitrogen and oxygen atoms in total. The number of aromatic nitrogens is 2. The lowest BCUT2D eigenvalue weighted by molar-refractivity contribution is -0.139. The summed E-state index contributed by atoms with van der Waals surface area (Å²) in [6, 6.07) is 10.1. The van der Waals surface area contributed by atoms with Gasteiger partial charge in [0.15, 0.2) is 11.5 Å². The zero-order valence-electron chi connectivity index (χ0n) is 24.7. The molecule has 0 aliphatic carbocycles. The van der Waals surface area contributed by atoms with E-state index in [1.165, 1.54) is 0 Å². The minimum atomic E-state index is -0.792. The van der Waals surface area contributed by atoms with E-state index in [9.17, 15) is 14.7 Å². The molecule has 2 aliphatic heterocycles. The molecular formula is C33H39N3O6. The summed E-state index contributed by atoms with van der Waals surface area (Å²) in [4.78, 5) is 32.7. The molecule has 0 unspecified atom stereocenters. The topological polar surface area (TPSA) is 103 Å². The first-order valence-electron chi connectivity index (χ1n) is 14.7. The van der Waals surface area contributed by atoms with Gasteiger partial charge < -0.3 is 28.8 Å². The number of nitrogens with zero attached hydrogens (tertiary/aromatic N) is 3. The van der Waals surface area contributed by atoms with Crippen molar-refractivity contribution < 1.29 is 28.9 Å². The maximum atomic E-state index is 13.6. The number of aliphatic hydroxyl groups excluding tert-OH is 1. The lowest BCUT2D eigenvalue weighted by Gasteiger charge is -2.26. The minimum Gasteiger partial charge on any atom is -0.507 e. The molecule has 222 valence electrons. The Morgan fingerprint density at radius 3 is 2.69 bits per heavy atom. The Hall–Kier alpha value is -4.27. The monoisotopic (exact) mass is 573 g/mol.